The van der Waals surface area contributed by atoms with Gasteiger partial charge in [0.1, 0.15) is 5.82 Å². The summed E-state index contributed by atoms with van der Waals surface area (Å²) < 4.78 is 66.9. The molecular formula is C17H18F4N2OS. The lowest BCUT2D eigenvalue weighted by atomic mass is 10.0. The van der Waals surface area contributed by atoms with E-state index in [4.69, 9.17) is 0 Å². The SMILES string of the molecule is CC(C)(C)S(=O)N[C@@H](c1ccc(C(F)(F)F)cc1)c1ncccc1F. The Kier molecular flexibility index (Phi) is 5.63. The van der Waals surface area contributed by atoms with Gasteiger partial charge in [-0.05, 0) is 50.6 Å². The van der Waals surface area contributed by atoms with Crippen molar-refractivity contribution in [2.45, 2.75) is 37.7 Å². The second kappa shape index (κ2) is 7.21. The predicted octanol–water partition coefficient (Wildman–Crippen LogP) is 4.38. The number of hydrogen-bond acceptors (Lipinski definition) is 2. The van der Waals surface area contributed by atoms with Gasteiger partial charge in [0, 0.05) is 6.20 Å². The zero-order valence-corrected chi connectivity index (χ0v) is 14.7. The van der Waals surface area contributed by atoms with Crippen molar-refractivity contribution in [1.29, 1.82) is 0 Å². The second-order valence-electron chi connectivity index (χ2n) is 6.42. The Morgan fingerprint density at radius 2 is 1.68 bits per heavy atom. The summed E-state index contributed by atoms with van der Waals surface area (Å²) in [6.07, 6.45) is -3.09. The van der Waals surface area contributed by atoms with Crippen LogP contribution in [0.4, 0.5) is 17.6 Å². The summed E-state index contributed by atoms with van der Waals surface area (Å²) in [5.41, 5.74) is -0.503. The molecule has 1 unspecified atom stereocenters. The first-order valence-electron chi connectivity index (χ1n) is 7.46. The van der Waals surface area contributed by atoms with Gasteiger partial charge in [0.25, 0.3) is 0 Å². The molecule has 2 rings (SSSR count). The fourth-order valence-corrected chi connectivity index (χ4v) is 2.86. The minimum atomic E-state index is -4.47. The molecule has 136 valence electrons. The quantitative estimate of drug-likeness (QED) is 0.807. The molecule has 0 saturated carbocycles. The van der Waals surface area contributed by atoms with Gasteiger partial charge in [0.05, 0.1) is 33.0 Å². The minimum Gasteiger partial charge on any atom is -0.256 e. The molecule has 0 aliphatic rings. The summed E-state index contributed by atoms with van der Waals surface area (Å²) in [5, 5.41) is 0. The zero-order valence-electron chi connectivity index (χ0n) is 13.9. The van der Waals surface area contributed by atoms with Crippen LogP contribution in [0.15, 0.2) is 42.6 Å². The third kappa shape index (κ3) is 4.85. The Hall–Kier alpha value is -1.80. The molecule has 0 aliphatic carbocycles. The van der Waals surface area contributed by atoms with Crippen LogP contribution in [0.25, 0.3) is 0 Å². The number of hydrogen-bond donors (Lipinski definition) is 1. The molecule has 2 atom stereocenters. The van der Waals surface area contributed by atoms with E-state index in [0.717, 1.165) is 12.1 Å². The Bertz CT molecular complexity index is 754. The van der Waals surface area contributed by atoms with E-state index in [1.54, 1.807) is 20.8 Å². The molecule has 8 heteroatoms. The maximum atomic E-state index is 14.2. The molecule has 1 aromatic carbocycles. The smallest absolute Gasteiger partial charge is 0.256 e. The predicted molar refractivity (Wildman–Crippen MR) is 88.5 cm³/mol. The molecule has 3 nitrogen and oxygen atoms in total. The highest BCUT2D eigenvalue weighted by molar-refractivity contribution is 7.84. The average Bonchev–Trinajstić information content (AvgIpc) is 2.51. The number of halogens is 4. The van der Waals surface area contributed by atoms with Crippen LogP contribution in [-0.2, 0) is 17.2 Å². The molecular weight excluding hydrogens is 356 g/mol. The van der Waals surface area contributed by atoms with Crippen LogP contribution in [0.1, 0.15) is 43.6 Å². The Balaban J connectivity index is 2.45. The van der Waals surface area contributed by atoms with E-state index in [1.165, 1.54) is 30.5 Å². The van der Waals surface area contributed by atoms with Gasteiger partial charge in [0.2, 0.25) is 0 Å². The van der Waals surface area contributed by atoms with Gasteiger partial charge in [-0.25, -0.2) is 13.3 Å². The molecule has 1 N–H and O–H groups in total. The van der Waals surface area contributed by atoms with Crippen LogP contribution in [0.3, 0.4) is 0 Å². The number of pyridine rings is 1. The monoisotopic (exact) mass is 374 g/mol. The first-order valence-corrected chi connectivity index (χ1v) is 8.61. The molecule has 1 heterocycles. The maximum absolute atomic E-state index is 14.2. The van der Waals surface area contributed by atoms with Gasteiger partial charge < -0.3 is 0 Å². The van der Waals surface area contributed by atoms with Gasteiger partial charge in [-0.1, -0.05) is 12.1 Å². The Morgan fingerprint density at radius 3 is 2.16 bits per heavy atom. The summed E-state index contributed by atoms with van der Waals surface area (Å²) in [6, 6.07) is 5.94. The van der Waals surface area contributed by atoms with E-state index in [1.807, 2.05) is 0 Å². The number of aromatic nitrogens is 1. The van der Waals surface area contributed by atoms with E-state index >= 15 is 0 Å². The molecule has 25 heavy (non-hydrogen) atoms. The lowest BCUT2D eigenvalue weighted by molar-refractivity contribution is -0.137. The van der Waals surface area contributed by atoms with Crippen molar-refractivity contribution in [3.05, 3.63) is 65.2 Å². The number of alkyl halides is 3. The fourth-order valence-electron chi connectivity index (χ4n) is 2.04. The van der Waals surface area contributed by atoms with Crippen LogP contribution < -0.4 is 4.72 Å². The highest BCUT2D eigenvalue weighted by atomic mass is 32.2. The summed E-state index contributed by atoms with van der Waals surface area (Å²) >= 11 is 0. The lowest BCUT2D eigenvalue weighted by Gasteiger charge is -2.24. The Labute approximate surface area is 146 Å². The summed E-state index contributed by atoms with van der Waals surface area (Å²) in [6.45, 7) is 5.19. The van der Waals surface area contributed by atoms with Crippen molar-refractivity contribution in [3.8, 4) is 0 Å². The molecule has 0 radical (unpaired) electrons. The van der Waals surface area contributed by atoms with Crippen molar-refractivity contribution in [3.63, 3.8) is 0 Å². The second-order valence-corrected chi connectivity index (χ2v) is 8.42. The van der Waals surface area contributed by atoms with Gasteiger partial charge in [-0.2, -0.15) is 13.2 Å². The molecule has 0 amide bonds. The van der Waals surface area contributed by atoms with Gasteiger partial charge in [0.15, 0.2) is 0 Å². The van der Waals surface area contributed by atoms with E-state index in [2.05, 4.69) is 9.71 Å². The summed E-state index contributed by atoms with van der Waals surface area (Å²) in [5.74, 6) is -0.634. The van der Waals surface area contributed by atoms with Crippen LogP contribution in [0.2, 0.25) is 0 Å². The van der Waals surface area contributed by atoms with Gasteiger partial charge >= 0.3 is 6.18 Å². The third-order valence-electron chi connectivity index (χ3n) is 3.41. The molecule has 1 aromatic heterocycles. The normalized spacial score (nSPS) is 15.0. The number of benzene rings is 1. The van der Waals surface area contributed by atoms with E-state index < -0.39 is 39.3 Å². The van der Waals surface area contributed by atoms with E-state index in [-0.39, 0.29) is 5.69 Å². The molecule has 0 fully saturated rings. The summed E-state index contributed by atoms with van der Waals surface area (Å²) in [7, 11) is -1.58. The van der Waals surface area contributed by atoms with Crippen molar-refractivity contribution in [1.82, 2.24) is 9.71 Å². The van der Waals surface area contributed by atoms with Gasteiger partial charge in [-0.3, -0.25) is 4.98 Å². The van der Waals surface area contributed by atoms with Crippen molar-refractivity contribution in [2.75, 3.05) is 0 Å². The highest BCUT2D eigenvalue weighted by Gasteiger charge is 2.31. The van der Waals surface area contributed by atoms with Gasteiger partial charge in [-0.15, -0.1) is 0 Å². The van der Waals surface area contributed by atoms with Crippen molar-refractivity contribution >= 4 is 11.0 Å². The lowest BCUT2D eigenvalue weighted by Crippen LogP contribution is -2.36. The largest absolute Gasteiger partial charge is 0.416 e. The van der Waals surface area contributed by atoms with Crippen molar-refractivity contribution < 1.29 is 21.8 Å². The molecule has 0 aliphatic heterocycles. The topological polar surface area (TPSA) is 42.0 Å². The standard InChI is InChI=1S/C17H18F4N2OS/c1-16(2,3)25(24)23-14(15-13(18)5-4-10-22-15)11-6-8-12(9-7-11)17(19,20)21/h4-10,14,23H,1-3H3/t14-,25?/m0/s1. The third-order valence-corrected chi connectivity index (χ3v) is 4.97. The van der Waals surface area contributed by atoms with Crippen LogP contribution in [0.5, 0.6) is 0 Å². The molecule has 0 spiro atoms. The van der Waals surface area contributed by atoms with Crippen LogP contribution in [-0.4, -0.2) is 13.9 Å². The average molecular weight is 374 g/mol. The molecule has 2 aromatic rings. The Morgan fingerprint density at radius 1 is 1.08 bits per heavy atom. The maximum Gasteiger partial charge on any atom is 0.416 e. The summed E-state index contributed by atoms with van der Waals surface area (Å²) in [4.78, 5) is 3.97. The van der Waals surface area contributed by atoms with Crippen molar-refractivity contribution in [2.24, 2.45) is 0 Å². The highest BCUT2D eigenvalue weighted by Crippen LogP contribution is 2.31. The zero-order chi connectivity index (χ0) is 18.8. The minimum absolute atomic E-state index is 0.0279. The van der Waals surface area contributed by atoms with Crippen LogP contribution >= 0.6 is 0 Å². The van der Waals surface area contributed by atoms with E-state index in [9.17, 15) is 21.8 Å². The number of rotatable bonds is 4. The number of nitrogens with zero attached hydrogens (tertiary/aromatic N) is 1. The fraction of sp³-hybridized carbons (Fsp3) is 0.353. The molecule has 0 bridgehead atoms. The number of nitrogens with one attached hydrogen (secondary N) is 1. The molecule has 0 saturated heterocycles. The van der Waals surface area contributed by atoms with Crippen LogP contribution in [0, 0.1) is 5.82 Å². The first kappa shape index (κ1) is 19.5. The first-order chi connectivity index (χ1) is 11.5. The van der Waals surface area contributed by atoms with E-state index in [0.29, 0.717) is 5.56 Å².